The van der Waals surface area contributed by atoms with Crippen molar-refractivity contribution < 1.29 is 88.9 Å². The summed E-state index contributed by atoms with van der Waals surface area (Å²) in [6.07, 6.45) is -7.37. The number of phosphoric ester groups is 2. The Morgan fingerprint density at radius 2 is 1.52 bits per heavy atom. The van der Waals surface area contributed by atoms with E-state index >= 15 is 0 Å². The molecule has 7 atom stereocenters. The summed E-state index contributed by atoms with van der Waals surface area (Å²) in [7, 11) is -28.9. The van der Waals surface area contributed by atoms with Crippen LogP contribution in [0.5, 0.6) is 0 Å². The van der Waals surface area contributed by atoms with E-state index in [4.69, 9.17) is 30.0 Å². The molecule has 0 aromatic carbocycles. The van der Waals surface area contributed by atoms with Crippen LogP contribution in [-0.4, -0.2) is 83.8 Å². The standard InChI is InChI=1S/C10H18N5O20P5/c11-10-13-7-4(8(17)14-10)12-2-15(7)9-5(16)6(32-39(26,27)33-36(18,19)20)3(31-9)1-30-38(24,25)35-40(28,29)34-37(21,22)23/h2-3,5-6,9,16H,1H2,(H,24,25)(H,26,27)(H,28,29)(H2,18,19,20)(H2,21,22,23)(H3,11,13,14,17). The molecule has 25 nitrogen and oxygen atoms in total. The van der Waals surface area contributed by atoms with Crippen LogP contribution in [0.1, 0.15) is 6.23 Å². The first-order valence-electron chi connectivity index (χ1n) is 9.60. The number of imidazole rings is 1. The normalized spacial score (nSPS) is 26.8. The average molecular weight is 683 g/mol. The van der Waals surface area contributed by atoms with Crippen LogP contribution in [0.15, 0.2) is 11.1 Å². The molecule has 7 unspecified atom stereocenters. The molecule has 1 aliphatic rings. The minimum Gasteiger partial charge on any atom is -0.386 e. The van der Waals surface area contributed by atoms with Gasteiger partial charge < -0.3 is 49.8 Å². The van der Waals surface area contributed by atoms with E-state index in [9.17, 15) is 47.4 Å². The van der Waals surface area contributed by atoms with Crippen LogP contribution in [0.4, 0.5) is 5.95 Å². The summed E-state index contributed by atoms with van der Waals surface area (Å²) in [5, 5.41) is 10.8. The van der Waals surface area contributed by atoms with E-state index in [2.05, 4.69) is 36.9 Å². The summed E-state index contributed by atoms with van der Waals surface area (Å²) in [5.74, 6) is -0.432. The zero-order valence-electron chi connectivity index (χ0n) is 18.7. The number of fused-ring (bicyclic) bond motifs is 1. The van der Waals surface area contributed by atoms with Gasteiger partial charge in [-0.1, -0.05) is 0 Å². The topological polar surface area (TPSA) is 392 Å². The summed E-state index contributed by atoms with van der Waals surface area (Å²) >= 11 is 0. The number of nitrogen functional groups attached to an aromatic ring is 1. The molecule has 0 spiro atoms. The number of anilines is 1. The molecule has 3 rings (SSSR count). The molecule has 2 aromatic heterocycles. The van der Waals surface area contributed by atoms with E-state index in [1.807, 2.05) is 0 Å². The van der Waals surface area contributed by atoms with E-state index in [0.717, 1.165) is 10.9 Å². The quantitative estimate of drug-likeness (QED) is 0.107. The van der Waals surface area contributed by atoms with E-state index < -0.39 is 81.8 Å². The number of aromatic nitrogens is 4. The molecule has 1 aliphatic heterocycles. The van der Waals surface area contributed by atoms with Crippen LogP contribution < -0.4 is 11.3 Å². The smallest absolute Gasteiger partial charge is 0.386 e. The van der Waals surface area contributed by atoms with Gasteiger partial charge in [-0.05, 0) is 0 Å². The third-order valence-electron chi connectivity index (χ3n) is 4.32. The number of ether oxygens (including phenoxy) is 1. The van der Waals surface area contributed by atoms with Gasteiger partial charge in [0.2, 0.25) is 5.95 Å². The summed E-state index contributed by atoms with van der Waals surface area (Å²) in [5.41, 5.74) is 3.94. The molecule has 40 heavy (non-hydrogen) atoms. The maximum Gasteiger partial charge on any atom is 0.490 e. The number of rotatable bonds is 12. The largest absolute Gasteiger partial charge is 0.490 e. The van der Waals surface area contributed by atoms with E-state index in [1.165, 1.54) is 0 Å². The number of nitrogens with one attached hydrogen (secondary N) is 1. The van der Waals surface area contributed by atoms with Crippen molar-refractivity contribution in [3.05, 3.63) is 16.7 Å². The molecule has 0 saturated carbocycles. The highest BCUT2D eigenvalue weighted by molar-refractivity contribution is 7.66. The Morgan fingerprint density at radius 1 is 0.950 bits per heavy atom. The Hall–Kier alpha value is -1.26. The van der Waals surface area contributed by atoms with Gasteiger partial charge in [0, 0.05) is 0 Å². The molecule has 228 valence electrons. The zero-order chi connectivity index (χ0) is 30.5. The van der Waals surface area contributed by atoms with Gasteiger partial charge in [0.25, 0.3) is 5.56 Å². The van der Waals surface area contributed by atoms with E-state index in [-0.39, 0.29) is 11.2 Å². The van der Waals surface area contributed by atoms with Gasteiger partial charge in [0.15, 0.2) is 17.4 Å². The number of aromatic amines is 1. The predicted molar refractivity (Wildman–Crippen MR) is 120 cm³/mol. The van der Waals surface area contributed by atoms with Gasteiger partial charge >= 0.3 is 39.1 Å². The van der Waals surface area contributed by atoms with Gasteiger partial charge in [-0.3, -0.25) is 23.4 Å². The molecular weight excluding hydrogens is 665 g/mol. The molecule has 0 amide bonds. The van der Waals surface area contributed by atoms with Crippen LogP contribution in [0.3, 0.4) is 0 Å². The highest BCUT2D eigenvalue weighted by atomic mass is 31.3. The van der Waals surface area contributed by atoms with Gasteiger partial charge in [0.1, 0.15) is 18.3 Å². The number of hydrogen-bond donors (Lipinski definition) is 10. The van der Waals surface area contributed by atoms with Crippen molar-refractivity contribution in [2.75, 3.05) is 12.3 Å². The Kier molecular flexibility index (Phi) is 9.51. The molecular formula is C10H18N5O20P5. The van der Waals surface area contributed by atoms with Crippen LogP contribution in [0.2, 0.25) is 0 Å². The highest BCUT2D eigenvalue weighted by Crippen LogP contribution is 2.66. The second-order valence-electron chi connectivity index (χ2n) is 7.33. The fourth-order valence-corrected chi connectivity index (χ4v) is 7.95. The average Bonchev–Trinajstić information content (AvgIpc) is 3.23. The van der Waals surface area contributed by atoms with Crippen molar-refractivity contribution in [1.29, 1.82) is 0 Å². The fraction of sp³-hybridized carbons (Fsp3) is 0.500. The lowest BCUT2D eigenvalue weighted by Gasteiger charge is -2.23. The molecule has 1 fully saturated rings. The molecule has 30 heteroatoms. The number of nitrogens with two attached hydrogens (primary N) is 1. The lowest BCUT2D eigenvalue weighted by Crippen LogP contribution is -2.36. The maximum atomic E-state index is 12.1. The number of aliphatic hydroxyl groups is 1. The first-order chi connectivity index (χ1) is 18.0. The highest BCUT2D eigenvalue weighted by Gasteiger charge is 2.51. The minimum absolute atomic E-state index is 0.337. The minimum atomic E-state index is -5.95. The van der Waals surface area contributed by atoms with Crippen LogP contribution in [-0.2, 0) is 49.5 Å². The lowest BCUT2D eigenvalue weighted by molar-refractivity contribution is -0.0501. The van der Waals surface area contributed by atoms with Crippen LogP contribution in [0.25, 0.3) is 11.2 Å². The Balaban J connectivity index is 1.91. The Labute approximate surface area is 218 Å². The second kappa shape index (κ2) is 11.4. The molecule has 2 aromatic rings. The molecule has 0 bridgehead atoms. The van der Waals surface area contributed by atoms with Gasteiger partial charge in [0.05, 0.1) is 12.9 Å². The number of aliphatic hydroxyl groups excluding tert-OH is 1. The van der Waals surface area contributed by atoms with Gasteiger partial charge in [-0.2, -0.15) is 17.9 Å². The fourth-order valence-electron chi connectivity index (χ4n) is 3.12. The summed E-state index contributed by atoms with van der Waals surface area (Å²) in [4.78, 5) is 85.1. The number of phosphoric acid groups is 5. The van der Waals surface area contributed by atoms with E-state index in [0.29, 0.717) is 0 Å². The maximum absolute atomic E-state index is 12.1. The van der Waals surface area contributed by atoms with Crippen molar-refractivity contribution in [2.24, 2.45) is 0 Å². The van der Waals surface area contributed by atoms with Crippen molar-refractivity contribution in [3.63, 3.8) is 0 Å². The Bertz CT molecular complexity index is 1560. The summed E-state index contributed by atoms with van der Waals surface area (Å²) in [6, 6.07) is 0. The first-order valence-corrected chi connectivity index (χ1v) is 17.1. The molecule has 1 saturated heterocycles. The van der Waals surface area contributed by atoms with Crippen molar-refractivity contribution >= 4 is 56.2 Å². The second-order valence-corrected chi connectivity index (χ2v) is 14.5. The van der Waals surface area contributed by atoms with Crippen LogP contribution >= 0.6 is 39.1 Å². The van der Waals surface area contributed by atoms with Gasteiger partial charge in [-0.15, -0.1) is 0 Å². The van der Waals surface area contributed by atoms with E-state index in [1.54, 1.807) is 0 Å². The number of nitrogens with zero attached hydrogens (tertiary/aromatic N) is 3. The number of hydrogen-bond acceptors (Lipinski definition) is 16. The van der Waals surface area contributed by atoms with Crippen molar-refractivity contribution in [3.8, 4) is 0 Å². The summed E-state index contributed by atoms with van der Waals surface area (Å²) in [6.45, 7) is -1.37. The number of H-pyrrole nitrogens is 1. The first kappa shape index (κ1) is 33.2. The molecule has 0 aliphatic carbocycles. The monoisotopic (exact) mass is 683 g/mol. The molecule has 11 N–H and O–H groups in total. The lowest BCUT2D eigenvalue weighted by atomic mass is 10.1. The zero-order valence-corrected chi connectivity index (χ0v) is 23.2. The molecule has 0 radical (unpaired) electrons. The third kappa shape index (κ3) is 8.87. The van der Waals surface area contributed by atoms with Crippen LogP contribution in [0, 0.1) is 0 Å². The third-order valence-corrected chi connectivity index (χ3v) is 10.3. The SMILES string of the molecule is Nc1nc2c(ncn2C2OC(COP(=O)(O)OP(=O)(O)OP(=O)(O)O)C(OP(=O)(O)OP(=O)(O)O)C2O)c(=O)[nH]1. The Morgan fingerprint density at radius 3 is 2.10 bits per heavy atom. The van der Waals surface area contributed by atoms with Crippen molar-refractivity contribution in [2.45, 2.75) is 24.5 Å². The molecule has 3 heterocycles. The summed E-state index contributed by atoms with van der Waals surface area (Å²) < 4.78 is 83.3. The van der Waals surface area contributed by atoms with Crippen molar-refractivity contribution in [1.82, 2.24) is 19.5 Å². The van der Waals surface area contributed by atoms with Gasteiger partial charge in [-0.25, -0.2) is 27.8 Å². The predicted octanol–water partition coefficient (Wildman–Crippen LogP) is -2.10.